The molecule has 161 valence electrons. The molecule has 0 saturated carbocycles. The zero-order chi connectivity index (χ0) is 19.7. The summed E-state index contributed by atoms with van der Waals surface area (Å²) in [6, 6.07) is 13.6. The van der Waals surface area contributed by atoms with E-state index in [1.54, 1.807) is 10.4 Å². The molecule has 0 bridgehead atoms. The molecule has 0 spiro atoms. The van der Waals surface area contributed by atoms with Gasteiger partial charge >= 0.3 is 26.2 Å². The van der Waals surface area contributed by atoms with E-state index in [4.69, 9.17) is 9.16 Å². The standard InChI is InChI=1S/C24H27O2Si2.2ClH.Zr/c1-27(2,3)26-15-25-18-11-10-17(12-18)20-14-21-19-9-7-6-8-16(19)13-22(21)24-23(20)28(24,4)5;;;/h6-9,11-14H,10,15H2,1-5H3;2*1H;/q-1;;;+3/p-2. The molecule has 0 atom stereocenters. The molecule has 2 aliphatic rings. The molecule has 1 aliphatic heterocycles. The maximum Gasteiger partial charge on any atom is 3.00 e. The van der Waals surface area contributed by atoms with Gasteiger partial charge in [0.25, 0.3) is 0 Å². The number of halogens is 2. The Hall–Kier alpha value is -0.553. The van der Waals surface area contributed by atoms with Crippen LogP contribution >= 0.6 is 0 Å². The largest absolute Gasteiger partial charge is 3.00 e. The smallest absolute Gasteiger partial charge is 1.00 e. The van der Waals surface area contributed by atoms with E-state index in [0.717, 1.165) is 12.2 Å². The quantitative estimate of drug-likeness (QED) is 0.233. The molecule has 0 fully saturated rings. The van der Waals surface area contributed by atoms with E-state index in [9.17, 15) is 0 Å². The first-order chi connectivity index (χ1) is 13.3. The van der Waals surface area contributed by atoms with Gasteiger partial charge in [0.1, 0.15) is 5.76 Å². The molecule has 0 aromatic heterocycles. The maximum absolute atomic E-state index is 5.89. The molecule has 5 rings (SSSR count). The third-order valence-corrected chi connectivity index (χ3v) is 10.3. The molecule has 7 heteroatoms. The summed E-state index contributed by atoms with van der Waals surface area (Å²) in [6.07, 6.45) is 5.37. The van der Waals surface area contributed by atoms with Crippen LogP contribution in [0.2, 0.25) is 32.7 Å². The van der Waals surface area contributed by atoms with Gasteiger partial charge in [0.15, 0.2) is 15.1 Å². The number of ether oxygens (including phenoxy) is 1. The summed E-state index contributed by atoms with van der Waals surface area (Å²) < 4.78 is 11.7. The molecule has 0 unspecified atom stereocenters. The third kappa shape index (κ3) is 4.73. The van der Waals surface area contributed by atoms with Crippen molar-refractivity contribution in [1.29, 1.82) is 0 Å². The Balaban J connectivity index is 0.00000114. The van der Waals surface area contributed by atoms with E-state index in [-0.39, 0.29) is 51.0 Å². The van der Waals surface area contributed by atoms with Crippen molar-refractivity contribution >= 4 is 53.9 Å². The normalized spacial score (nSPS) is 15.9. The van der Waals surface area contributed by atoms with E-state index >= 15 is 0 Å². The maximum atomic E-state index is 5.89. The molecule has 0 N–H and O–H groups in total. The van der Waals surface area contributed by atoms with E-state index in [1.807, 2.05) is 0 Å². The van der Waals surface area contributed by atoms with Crippen LogP contribution < -0.4 is 35.2 Å². The van der Waals surface area contributed by atoms with Crippen LogP contribution in [0.5, 0.6) is 0 Å². The van der Waals surface area contributed by atoms with Gasteiger partial charge < -0.3 is 34.0 Å². The fourth-order valence-corrected chi connectivity index (χ4v) is 8.71. The summed E-state index contributed by atoms with van der Waals surface area (Å²) in [4.78, 5) is 0. The third-order valence-electron chi connectivity index (χ3n) is 6.01. The average molecular weight is 566 g/mol. The van der Waals surface area contributed by atoms with Crippen molar-refractivity contribution in [1.82, 2.24) is 0 Å². The topological polar surface area (TPSA) is 18.5 Å². The Morgan fingerprint density at radius 1 is 1.03 bits per heavy atom. The number of fused-ring (bicyclic) bond motifs is 5. The Labute approximate surface area is 218 Å². The molecular weight excluding hydrogens is 539 g/mol. The fourth-order valence-electron chi connectivity index (χ4n) is 4.55. The van der Waals surface area contributed by atoms with Gasteiger partial charge in [-0.2, -0.15) is 0 Å². The predicted molar refractivity (Wildman–Crippen MR) is 125 cm³/mol. The first-order valence-corrected chi connectivity index (χ1v) is 16.5. The van der Waals surface area contributed by atoms with Crippen molar-refractivity contribution in [3.63, 3.8) is 0 Å². The van der Waals surface area contributed by atoms with Crippen molar-refractivity contribution < 1.29 is 60.2 Å². The van der Waals surface area contributed by atoms with Crippen LogP contribution in [-0.2, 0) is 35.4 Å². The summed E-state index contributed by atoms with van der Waals surface area (Å²) in [5, 5.41) is 8.95. The Kier molecular flexibility index (Phi) is 8.06. The van der Waals surface area contributed by atoms with Crippen LogP contribution in [0.1, 0.15) is 12.0 Å². The molecule has 3 aromatic carbocycles. The fraction of sp³-hybridized carbons (Fsp3) is 0.292. The Morgan fingerprint density at radius 2 is 1.74 bits per heavy atom. The molecule has 2 nitrogen and oxygen atoms in total. The van der Waals surface area contributed by atoms with Crippen LogP contribution in [0, 0.1) is 0 Å². The minimum Gasteiger partial charge on any atom is -1.00 e. The summed E-state index contributed by atoms with van der Waals surface area (Å²) >= 11 is 0. The van der Waals surface area contributed by atoms with Gasteiger partial charge in [-0.15, -0.1) is 38.9 Å². The first-order valence-electron chi connectivity index (χ1n) is 10.1. The zero-order valence-corrected chi connectivity index (χ0v) is 24.6. The van der Waals surface area contributed by atoms with Gasteiger partial charge in [0, 0.05) is 0 Å². The van der Waals surface area contributed by atoms with Crippen molar-refractivity contribution in [3.05, 3.63) is 59.9 Å². The van der Waals surface area contributed by atoms with Crippen molar-refractivity contribution in [2.45, 2.75) is 39.2 Å². The van der Waals surface area contributed by atoms with Crippen LogP contribution in [0.3, 0.4) is 0 Å². The van der Waals surface area contributed by atoms with E-state index in [1.165, 1.54) is 32.7 Å². The van der Waals surface area contributed by atoms with Crippen molar-refractivity contribution in [3.8, 4) is 0 Å². The Morgan fingerprint density at radius 3 is 2.45 bits per heavy atom. The molecule has 31 heavy (non-hydrogen) atoms. The van der Waals surface area contributed by atoms with Gasteiger partial charge in [-0.05, 0) is 49.4 Å². The second-order valence-corrected chi connectivity index (χ2v) is 18.3. The molecule has 1 aliphatic carbocycles. The number of benzene rings is 2. The summed E-state index contributed by atoms with van der Waals surface area (Å²) in [6.45, 7) is 11.9. The number of allylic oxidation sites excluding steroid dienone is 3. The number of rotatable bonds is 5. The first kappa shape index (κ1) is 26.7. The monoisotopic (exact) mass is 563 g/mol. The van der Waals surface area contributed by atoms with Gasteiger partial charge in [-0.1, -0.05) is 42.5 Å². The van der Waals surface area contributed by atoms with E-state index in [2.05, 4.69) is 81.3 Å². The van der Waals surface area contributed by atoms with Crippen LogP contribution in [0.15, 0.2) is 54.3 Å². The van der Waals surface area contributed by atoms with Crippen LogP contribution in [0.4, 0.5) is 0 Å². The molecule has 3 aromatic rings. The Bertz CT molecular complexity index is 1190. The summed E-state index contributed by atoms with van der Waals surface area (Å²) in [5.74, 6) is 0.953. The van der Waals surface area contributed by atoms with Crippen LogP contribution in [-0.4, -0.2) is 23.2 Å². The van der Waals surface area contributed by atoms with Crippen LogP contribution in [0.25, 0.3) is 27.1 Å². The predicted octanol–water partition coefficient (Wildman–Crippen LogP) is -0.650. The second kappa shape index (κ2) is 9.36. The number of hydrogen-bond acceptors (Lipinski definition) is 2. The van der Waals surface area contributed by atoms with Crippen molar-refractivity contribution in [2.75, 3.05) is 6.79 Å². The molecule has 0 amide bonds. The van der Waals surface area contributed by atoms with Gasteiger partial charge in [0.05, 0.1) is 8.07 Å². The van der Waals surface area contributed by atoms with Gasteiger partial charge in [0.2, 0.25) is 0 Å². The SMILES string of the molecule is C[Si](C)(C)OCOC1=CCC(c2cc3c([cH-]c4ccccc43)c3c2[Si]3(C)C)=C1.[Cl-].[Cl-].[Zr+3]. The average Bonchev–Trinajstić information content (AvgIpc) is 2.98. The molecule has 1 radical (unpaired) electrons. The van der Waals surface area contributed by atoms with Gasteiger partial charge in [-0.3, -0.25) is 0 Å². The van der Waals surface area contributed by atoms with E-state index in [0.29, 0.717) is 6.79 Å². The van der Waals surface area contributed by atoms with Gasteiger partial charge in [-0.25, -0.2) is 0 Å². The summed E-state index contributed by atoms with van der Waals surface area (Å²) in [5.41, 5.74) is 2.85. The summed E-state index contributed by atoms with van der Waals surface area (Å²) in [7, 11) is -2.98. The minimum atomic E-state index is -1.55. The number of hydrogen-bond donors (Lipinski definition) is 0. The molecule has 0 saturated heterocycles. The molecular formula is C24H27Cl2O2Si2Zr. The zero-order valence-electron chi connectivity index (χ0n) is 18.6. The minimum absolute atomic E-state index is 0. The van der Waals surface area contributed by atoms with E-state index < -0.39 is 16.4 Å². The second-order valence-electron chi connectivity index (χ2n) is 9.49. The van der Waals surface area contributed by atoms with Crippen molar-refractivity contribution in [2.24, 2.45) is 0 Å². The molecule has 1 heterocycles.